The summed E-state index contributed by atoms with van der Waals surface area (Å²) in [5.41, 5.74) is 8.07. The van der Waals surface area contributed by atoms with Crippen LogP contribution in [0.2, 0.25) is 0 Å². The predicted octanol–water partition coefficient (Wildman–Crippen LogP) is 6.11. The van der Waals surface area contributed by atoms with Crippen LogP contribution in [0.3, 0.4) is 0 Å². The molecule has 0 radical (unpaired) electrons. The molecule has 6 nitrogen and oxygen atoms in total. The van der Waals surface area contributed by atoms with E-state index in [0.717, 1.165) is 45.1 Å². The van der Waals surface area contributed by atoms with Gasteiger partial charge in [0.15, 0.2) is 0 Å². The van der Waals surface area contributed by atoms with Crippen molar-refractivity contribution in [1.29, 1.82) is 0 Å². The number of aryl methyl sites for hydroxylation is 2. The first kappa shape index (κ1) is 25.8. The quantitative estimate of drug-likeness (QED) is 0.290. The number of benzene rings is 2. The molecule has 0 amide bonds. The number of aromatic hydroxyl groups is 2. The molecular weight excluding hydrogens is 460 g/mol. The van der Waals surface area contributed by atoms with Crippen molar-refractivity contribution in [3.63, 3.8) is 0 Å². The Labute approximate surface area is 218 Å². The zero-order chi connectivity index (χ0) is 26.4. The minimum absolute atomic E-state index is 0.177. The van der Waals surface area contributed by atoms with Gasteiger partial charge in [-0.1, -0.05) is 24.3 Å². The Hall–Kier alpha value is -4.32. The van der Waals surface area contributed by atoms with E-state index in [1.54, 1.807) is 12.4 Å². The highest BCUT2D eigenvalue weighted by molar-refractivity contribution is 6.02. The lowest BCUT2D eigenvalue weighted by Crippen LogP contribution is -2.04. The molecule has 0 bridgehead atoms. The molecule has 0 fully saturated rings. The normalized spacial score (nSPS) is 12.1. The SMILES string of the molecule is CC(=NCc1ccccn1)c1cc(C)cc(Cc2cc(C)cc(C(C)=NCc3ccccn3)c2O)c1O. The number of hydrogen-bond acceptors (Lipinski definition) is 6. The molecule has 0 aliphatic rings. The molecule has 2 aromatic heterocycles. The third-order valence-electron chi connectivity index (χ3n) is 6.24. The van der Waals surface area contributed by atoms with Crippen LogP contribution < -0.4 is 0 Å². The van der Waals surface area contributed by atoms with Crippen LogP contribution in [0.1, 0.15) is 58.6 Å². The maximum absolute atomic E-state index is 11.2. The molecule has 0 spiro atoms. The summed E-state index contributed by atoms with van der Waals surface area (Å²) in [5, 5.41) is 22.4. The highest BCUT2D eigenvalue weighted by atomic mass is 16.3. The second kappa shape index (κ2) is 11.6. The number of hydrogen-bond donors (Lipinski definition) is 2. The standard InChI is InChI=1S/C31H32N4O2/c1-20-13-24(30(36)28(15-20)22(3)34-18-26-9-5-7-11-32-26)17-25-14-21(2)16-29(31(25)37)23(4)35-19-27-10-6-8-12-33-27/h5-16,36-37H,17-19H2,1-4H3. The summed E-state index contributed by atoms with van der Waals surface area (Å²) >= 11 is 0. The van der Waals surface area contributed by atoms with Gasteiger partial charge >= 0.3 is 0 Å². The molecule has 4 rings (SSSR count). The van der Waals surface area contributed by atoms with Crippen molar-refractivity contribution in [1.82, 2.24) is 9.97 Å². The van der Waals surface area contributed by atoms with Gasteiger partial charge in [-0.25, -0.2) is 0 Å². The van der Waals surface area contributed by atoms with Gasteiger partial charge in [0, 0.05) is 41.4 Å². The van der Waals surface area contributed by atoms with Gasteiger partial charge in [-0.2, -0.15) is 0 Å². The maximum Gasteiger partial charge on any atom is 0.128 e. The Morgan fingerprint density at radius 1 is 0.676 bits per heavy atom. The first-order valence-electron chi connectivity index (χ1n) is 12.3. The van der Waals surface area contributed by atoms with Crippen molar-refractivity contribution < 1.29 is 10.2 Å². The van der Waals surface area contributed by atoms with Crippen molar-refractivity contribution in [3.8, 4) is 11.5 Å². The number of pyridine rings is 2. The van der Waals surface area contributed by atoms with Gasteiger partial charge in [-0.05, 0) is 86.3 Å². The molecule has 0 saturated carbocycles. The van der Waals surface area contributed by atoms with Gasteiger partial charge < -0.3 is 10.2 Å². The van der Waals surface area contributed by atoms with Crippen LogP contribution in [-0.4, -0.2) is 31.6 Å². The molecule has 2 aromatic carbocycles. The van der Waals surface area contributed by atoms with Crippen LogP contribution in [0.4, 0.5) is 0 Å². The van der Waals surface area contributed by atoms with Gasteiger partial charge in [0.2, 0.25) is 0 Å². The molecule has 188 valence electrons. The van der Waals surface area contributed by atoms with Gasteiger partial charge in [-0.15, -0.1) is 0 Å². The van der Waals surface area contributed by atoms with E-state index in [2.05, 4.69) is 20.0 Å². The van der Waals surface area contributed by atoms with E-state index < -0.39 is 0 Å². The number of nitrogens with zero attached hydrogens (tertiary/aromatic N) is 4. The second-order valence-corrected chi connectivity index (χ2v) is 9.26. The Kier molecular flexibility index (Phi) is 8.08. The van der Waals surface area contributed by atoms with E-state index in [9.17, 15) is 10.2 Å². The van der Waals surface area contributed by atoms with E-state index in [4.69, 9.17) is 0 Å². The molecule has 2 N–H and O–H groups in total. The van der Waals surface area contributed by atoms with E-state index in [1.807, 2.05) is 88.4 Å². The van der Waals surface area contributed by atoms with Crippen LogP contribution in [0.25, 0.3) is 0 Å². The summed E-state index contributed by atoms with van der Waals surface area (Å²) in [4.78, 5) is 17.9. The van der Waals surface area contributed by atoms with Crippen molar-refractivity contribution in [2.24, 2.45) is 9.98 Å². The fourth-order valence-electron chi connectivity index (χ4n) is 4.29. The number of phenols is 2. The molecule has 0 aliphatic carbocycles. The minimum Gasteiger partial charge on any atom is -0.507 e. The molecule has 0 unspecified atom stereocenters. The summed E-state index contributed by atoms with van der Waals surface area (Å²) in [6, 6.07) is 19.3. The number of aromatic nitrogens is 2. The Bertz CT molecular complexity index is 1330. The lowest BCUT2D eigenvalue weighted by atomic mass is 9.93. The minimum atomic E-state index is 0.177. The summed E-state index contributed by atoms with van der Waals surface area (Å²) in [6.45, 7) is 8.65. The largest absolute Gasteiger partial charge is 0.507 e. The maximum atomic E-state index is 11.2. The molecule has 0 aliphatic heterocycles. The number of rotatable bonds is 8. The Balaban J connectivity index is 1.62. The van der Waals surface area contributed by atoms with Crippen LogP contribution in [0, 0.1) is 13.8 Å². The van der Waals surface area contributed by atoms with Gasteiger partial charge in [0.1, 0.15) is 11.5 Å². The summed E-state index contributed by atoms with van der Waals surface area (Å²) in [7, 11) is 0. The summed E-state index contributed by atoms with van der Waals surface area (Å²) in [6.07, 6.45) is 3.87. The molecule has 4 aromatic rings. The number of phenolic OH excluding ortho intramolecular Hbond substituents is 2. The van der Waals surface area contributed by atoms with Crippen molar-refractivity contribution in [2.75, 3.05) is 0 Å². The summed E-state index contributed by atoms with van der Waals surface area (Å²) in [5.74, 6) is 0.353. The van der Waals surface area contributed by atoms with Gasteiger partial charge in [0.25, 0.3) is 0 Å². The second-order valence-electron chi connectivity index (χ2n) is 9.26. The fraction of sp³-hybridized carbons (Fsp3) is 0.226. The van der Waals surface area contributed by atoms with Gasteiger partial charge in [-0.3, -0.25) is 20.0 Å². The molecule has 0 atom stereocenters. The lowest BCUT2D eigenvalue weighted by molar-refractivity contribution is 0.461. The zero-order valence-electron chi connectivity index (χ0n) is 21.7. The van der Waals surface area contributed by atoms with Crippen molar-refractivity contribution >= 4 is 11.4 Å². The Morgan fingerprint density at radius 3 is 1.49 bits per heavy atom. The molecular formula is C31H32N4O2. The van der Waals surface area contributed by atoms with Crippen molar-refractivity contribution in [3.05, 3.63) is 118 Å². The highest BCUT2D eigenvalue weighted by Gasteiger charge is 2.16. The average molecular weight is 493 g/mol. The number of aliphatic imine (C=N–C) groups is 2. The predicted molar refractivity (Wildman–Crippen MR) is 149 cm³/mol. The monoisotopic (exact) mass is 492 g/mol. The van der Waals surface area contributed by atoms with E-state index in [0.29, 0.717) is 30.6 Å². The van der Waals surface area contributed by atoms with Crippen LogP contribution >= 0.6 is 0 Å². The fourth-order valence-corrected chi connectivity index (χ4v) is 4.29. The van der Waals surface area contributed by atoms with Gasteiger partial charge in [0.05, 0.1) is 24.5 Å². The highest BCUT2D eigenvalue weighted by Crippen LogP contribution is 2.32. The third kappa shape index (κ3) is 6.47. The van der Waals surface area contributed by atoms with Crippen LogP contribution in [0.15, 0.2) is 83.0 Å². The zero-order valence-corrected chi connectivity index (χ0v) is 21.7. The summed E-state index contributed by atoms with van der Waals surface area (Å²) < 4.78 is 0. The average Bonchev–Trinajstić information content (AvgIpc) is 2.90. The first-order chi connectivity index (χ1) is 17.8. The topological polar surface area (TPSA) is 91.0 Å². The van der Waals surface area contributed by atoms with Crippen LogP contribution in [0.5, 0.6) is 11.5 Å². The molecule has 6 heteroatoms. The molecule has 37 heavy (non-hydrogen) atoms. The smallest absolute Gasteiger partial charge is 0.128 e. The van der Waals surface area contributed by atoms with E-state index >= 15 is 0 Å². The Morgan fingerprint density at radius 2 is 1.11 bits per heavy atom. The van der Waals surface area contributed by atoms with Crippen molar-refractivity contribution in [2.45, 2.75) is 47.2 Å². The molecule has 2 heterocycles. The lowest BCUT2D eigenvalue weighted by Gasteiger charge is -2.15. The van der Waals surface area contributed by atoms with E-state index in [1.165, 1.54) is 0 Å². The van der Waals surface area contributed by atoms with E-state index in [-0.39, 0.29) is 11.5 Å². The first-order valence-corrected chi connectivity index (χ1v) is 12.3. The third-order valence-corrected chi connectivity index (χ3v) is 6.24. The molecule has 0 saturated heterocycles. The van der Waals surface area contributed by atoms with Crippen LogP contribution in [-0.2, 0) is 19.5 Å².